The molecule has 1 aromatic heterocycles. The molecule has 0 saturated heterocycles. The molecule has 0 saturated carbocycles. The van der Waals surface area contributed by atoms with Crippen molar-refractivity contribution in [3.05, 3.63) is 48.5 Å². The number of para-hydroxylation sites is 4. The summed E-state index contributed by atoms with van der Waals surface area (Å²) in [5.74, 6) is 0. The van der Waals surface area contributed by atoms with Crippen molar-refractivity contribution in [3.63, 3.8) is 0 Å². The van der Waals surface area contributed by atoms with Crippen molar-refractivity contribution >= 4 is 32.5 Å². The summed E-state index contributed by atoms with van der Waals surface area (Å²) in [5, 5.41) is 0. The minimum absolute atomic E-state index is 0.0914. The predicted octanol–water partition coefficient (Wildman–Crippen LogP) is 1.70. The predicted molar refractivity (Wildman–Crippen MR) is 81.7 cm³/mol. The maximum Gasteiger partial charge on any atom is 0.231 e. The van der Waals surface area contributed by atoms with Gasteiger partial charge in [-0.05, 0) is 19.1 Å². The third kappa shape index (κ3) is 3.97. The van der Waals surface area contributed by atoms with E-state index in [1.165, 1.54) is 6.92 Å². The van der Waals surface area contributed by atoms with Gasteiger partial charge in [-0.2, -0.15) is 4.57 Å². The number of benzene rings is 2. The summed E-state index contributed by atoms with van der Waals surface area (Å²) in [5.41, 5.74) is 4.41. The number of rotatable bonds is 2. The molecule has 1 heterocycles. The van der Waals surface area contributed by atoms with Gasteiger partial charge in [0.05, 0.1) is 6.61 Å². The number of hydrogen-bond donors (Lipinski definition) is 0. The van der Waals surface area contributed by atoms with Crippen LogP contribution in [0.4, 0.5) is 0 Å². The maximum absolute atomic E-state index is 9.45. The second-order valence-electron chi connectivity index (χ2n) is 4.46. The molecule has 0 bridgehead atoms. The van der Waals surface area contributed by atoms with Gasteiger partial charge in [-0.15, -0.1) is 0 Å². The molecule has 0 spiro atoms. The molecule has 2 aromatic carbocycles. The standard InChI is InChI=1S/C13H11N2.C2H6O4S/c1-15-12-8-4-2-6-10(12)14-11-7-3-5-9-13(11)15;1-2-6-7(3,4)5/h2-9H,1H3;2H2,1H3,(H,3,4,5)/q+1;/p-1. The van der Waals surface area contributed by atoms with Crippen LogP contribution in [0.15, 0.2) is 48.5 Å². The third-order valence-corrected chi connectivity index (χ3v) is 3.51. The Hall–Kier alpha value is -2.09. The Balaban J connectivity index is 0.000000217. The van der Waals surface area contributed by atoms with Gasteiger partial charge in [-0.1, -0.05) is 24.3 Å². The normalized spacial score (nSPS) is 11.2. The molecule has 6 nitrogen and oxygen atoms in total. The molecular weight excluding hydrogens is 304 g/mol. The summed E-state index contributed by atoms with van der Waals surface area (Å²) >= 11 is 0. The molecule has 22 heavy (non-hydrogen) atoms. The Morgan fingerprint density at radius 1 is 1.05 bits per heavy atom. The number of fused-ring (bicyclic) bond motifs is 2. The zero-order valence-electron chi connectivity index (χ0n) is 12.3. The van der Waals surface area contributed by atoms with Crippen molar-refractivity contribution < 1.29 is 21.7 Å². The van der Waals surface area contributed by atoms with Crippen molar-refractivity contribution in [1.82, 2.24) is 4.98 Å². The lowest BCUT2D eigenvalue weighted by Crippen LogP contribution is -2.30. The van der Waals surface area contributed by atoms with E-state index >= 15 is 0 Å². The molecule has 3 rings (SSSR count). The van der Waals surface area contributed by atoms with Gasteiger partial charge in [-0.25, -0.2) is 13.4 Å². The van der Waals surface area contributed by atoms with Gasteiger partial charge in [0.25, 0.3) is 0 Å². The van der Waals surface area contributed by atoms with Crippen molar-refractivity contribution in [1.29, 1.82) is 0 Å². The number of hydrogen-bond acceptors (Lipinski definition) is 5. The van der Waals surface area contributed by atoms with E-state index in [1.807, 2.05) is 36.4 Å². The van der Waals surface area contributed by atoms with Gasteiger partial charge in [-0.3, -0.25) is 4.18 Å². The smallest absolute Gasteiger partial charge is 0.231 e. The maximum atomic E-state index is 9.45. The zero-order valence-corrected chi connectivity index (χ0v) is 13.1. The molecule has 0 fully saturated rings. The highest BCUT2D eigenvalue weighted by molar-refractivity contribution is 7.80. The SMILES string of the molecule is CCOS(=O)(=O)[O-].C[n+]1c2ccccc2nc2ccccc21. The fraction of sp³-hybridized carbons (Fsp3) is 0.200. The fourth-order valence-corrected chi connectivity index (χ4v) is 2.38. The average Bonchev–Trinajstić information content (AvgIpc) is 2.47. The van der Waals surface area contributed by atoms with Crippen molar-refractivity contribution in [2.75, 3.05) is 6.61 Å². The lowest BCUT2D eigenvalue weighted by atomic mass is 10.2. The number of aryl methyl sites for hydroxylation is 1. The van der Waals surface area contributed by atoms with Gasteiger partial charge in [0.2, 0.25) is 21.4 Å². The Morgan fingerprint density at radius 2 is 1.50 bits per heavy atom. The second kappa shape index (κ2) is 6.78. The zero-order chi connectivity index (χ0) is 16.2. The Bertz CT molecular complexity index is 840. The highest BCUT2D eigenvalue weighted by Gasteiger charge is 2.10. The van der Waals surface area contributed by atoms with Crippen LogP contribution in [-0.4, -0.2) is 24.6 Å². The molecular formula is C15H16N2O4S. The van der Waals surface area contributed by atoms with Gasteiger partial charge in [0.15, 0.2) is 0 Å². The molecule has 0 atom stereocenters. The van der Waals surface area contributed by atoms with Gasteiger partial charge < -0.3 is 4.55 Å². The second-order valence-corrected chi connectivity index (χ2v) is 5.52. The molecule has 3 aromatic rings. The molecule has 0 aliphatic heterocycles. The molecule has 116 valence electrons. The van der Waals surface area contributed by atoms with Gasteiger partial charge >= 0.3 is 0 Å². The van der Waals surface area contributed by atoms with Crippen molar-refractivity contribution in [2.24, 2.45) is 7.05 Å². The molecule has 0 aliphatic carbocycles. The minimum Gasteiger partial charge on any atom is -0.726 e. The lowest BCUT2D eigenvalue weighted by Gasteiger charge is -2.02. The lowest BCUT2D eigenvalue weighted by molar-refractivity contribution is -0.617. The summed E-state index contributed by atoms with van der Waals surface area (Å²) < 4.78 is 34.2. The van der Waals surface area contributed by atoms with E-state index in [2.05, 4.69) is 32.9 Å². The van der Waals surface area contributed by atoms with Crippen molar-refractivity contribution in [3.8, 4) is 0 Å². The van der Waals surface area contributed by atoms with Gasteiger partial charge in [0.1, 0.15) is 18.1 Å². The topological polar surface area (TPSA) is 83.2 Å². The van der Waals surface area contributed by atoms with Crippen LogP contribution in [0, 0.1) is 0 Å². The summed E-state index contributed by atoms with van der Waals surface area (Å²) in [7, 11) is -2.35. The van der Waals surface area contributed by atoms with E-state index < -0.39 is 10.4 Å². The summed E-state index contributed by atoms with van der Waals surface area (Å²) in [6.45, 7) is 1.33. The average molecular weight is 320 g/mol. The quantitative estimate of drug-likeness (QED) is 0.310. The van der Waals surface area contributed by atoms with Crippen LogP contribution in [0.1, 0.15) is 6.92 Å². The molecule has 0 N–H and O–H groups in total. The van der Waals surface area contributed by atoms with E-state index in [0.717, 1.165) is 22.1 Å². The van der Waals surface area contributed by atoms with Gasteiger partial charge in [0, 0.05) is 12.1 Å². The molecule has 7 heteroatoms. The highest BCUT2D eigenvalue weighted by Crippen LogP contribution is 2.12. The third-order valence-electron chi connectivity index (χ3n) is 2.99. The largest absolute Gasteiger partial charge is 0.726 e. The van der Waals surface area contributed by atoms with Crippen LogP contribution >= 0.6 is 0 Å². The first-order valence-corrected chi connectivity index (χ1v) is 7.99. The van der Waals surface area contributed by atoms with Crippen LogP contribution in [0.25, 0.3) is 22.1 Å². The van der Waals surface area contributed by atoms with E-state index in [1.54, 1.807) is 0 Å². The minimum atomic E-state index is -4.42. The Morgan fingerprint density at radius 3 is 1.86 bits per heavy atom. The first-order chi connectivity index (χ1) is 10.4. The molecule has 0 amide bonds. The summed E-state index contributed by atoms with van der Waals surface area (Å²) in [4.78, 5) is 4.62. The van der Waals surface area contributed by atoms with Crippen LogP contribution in [0.5, 0.6) is 0 Å². The van der Waals surface area contributed by atoms with E-state index in [0.29, 0.717) is 0 Å². The number of nitrogens with zero attached hydrogens (tertiary/aromatic N) is 2. The first kappa shape index (κ1) is 16.3. The highest BCUT2D eigenvalue weighted by atomic mass is 32.3. The van der Waals surface area contributed by atoms with E-state index in [-0.39, 0.29) is 6.61 Å². The van der Waals surface area contributed by atoms with Crippen LogP contribution in [0.2, 0.25) is 0 Å². The van der Waals surface area contributed by atoms with Crippen molar-refractivity contribution in [2.45, 2.75) is 6.92 Å². The van der Waals surface area contributed by atoms with Crippen LogP contribution in [-0.2, 0) is 21.6 Å². The summed E-state index contributed by atoms with van der Waals surface area (Å²) in [6.07, 6.45) is 0. The fourth-order valence-electron chi connectivity index (χ4n) is 2.09. The number of aromatic nitrogens is 2. The molecule has 0 unspecified atom stereocenters. The summed E-state index contributed by atoms with van der Waals surface area (Å²) in [6, 6.07) is 16.4. The molecule has 0 radical (unpaired) electrons. The Labute approximate surface area is 128 Å². The van der Waals surface area contributed by atoms with E-state index in [4.69, 9.17) is 0 Å². The Kier molecular flexibility index (Phi) is 5.02. The first-order valence-electron chi connectivity index (χ1n) is 6.66. The van der Waals surface area contributed by atoms with Crippen LogP contribution < -0.4 is 4.57 Å². The molecule has 0 aliphatic rings. The van der Waals surface area contributed by atoms with E-state index in [9.17, 15) is 13.0 Å². The monoisotopic (exact) mass is 320 g/mol. The van der Waals surface area contributed by atoms with Crippen LogP contribution in [0.3, 0.4) is 0 Å².